The van der Waals surface area contributed by atoms with Crippen molar-refractivity contribution >= 4 is 5.96 Å². The standard InChI is InChI=1S/C23H27N5/c1-17-6-3-4-7-20(17)21-16-22(21)27-23(24-2)25-14-12-18-8-10-19(11-9-18)28-15-5-13-26-28/h3-11,13,15,21-22H,12,14,16H2,1-2H3,(H2,24,25,27). The maximum absolute atomic E-state index is 4.38. The highest BCUT2D eigenvalue weighted by Gasteiger charge is 2.39. The molecule has 28 heavy (non-hydrogen) atoms. The zero-order chi connectivity index (χ0) is 19.3. The van der Waals surface area contributed by atoms with Crippen molar-refractivity contribution in [1.29, 1.82) is 0 Å². The molecule has 1 aromatic heterocycles. The number of hydrogen-bond donors (Lipinski definition) is 2. The van der Waals surface area contributed by atoms with Crippen molar-refractivity contribution in [2.24, 2.45) is 4.99 Å². The second-order valence-electron chi connectivity index (χ2n) is 7.32. The molecule has 2 atom stereocenters. The Morgan fingerprint density at radius 3 is 2.68 bits per heavy atom. The van der Waals surface area contributed by atoms with Crippen LogP contribution in [0.15, 0.2) is 72.0 Å². The van der Waals surface area contributed by atoms with Gasteiger partial charge in [0.15, 0.2) is 5.96 Å². The van der Waals surface area contributed by atoms with Crippen LogP contribution in [0.25, 0.3) is 5.69 Å². The summed E-state index contributed by atoms with van der Waals surface area (Å²) < 4.78 is 1.87. The van der Waals surface area contributed by atoms with Gasteiger partial charge in [-0.2, -0.15) is 5.10 Å². The molecule has 0 spiro atoms. The number of aryl methyl sites for hydroxylation is 1. The van der Waals surface area contributed by atoms with Crippen LogP contribution in [0.2, 0.25) is 0 Å². The van der Waals surface area contributed by atoms with E-state index in [4.69, 9.17) is 0 Å². The van der Waals surface area contributed by atoms with Gasteiger partial charge in [-0.15, -0.1) is 0 Å². The minimum atomic E-state index is 0.473. The molecule has 4 rings (SSSR count). The van der Waals surface area contributed by atoms with Crippen LogP contribution in [0.4, 0.5) is 0 Å². The van der Waals surface area contributed by atoms with Gasteiger partial charge in [0, 0.05) is 37.9 Å². The molecule has 3 aromatic rings. The van der Waals surface area contributed by atoms with Crippen molar-refractivity contribution in [3.05, 3.63) is 83.7 Å². The Morgan fingerprint density at radius 1 is 1.14 bits per heavy atom. The molecule has 2 aromatic carbocycles. The van der Waals surface area contributed by atoms with Crippen LogP contribution in [0.3, 0.4) is 0 Å². The largest absolute Gasteiger partial charge is 0.356 e. The van der Waals surface area contributed by atoms with Gasteiger partial charge in [-0.05, 0) is 54.7 Å². The Labute approximate surface area is 166 Å². The van der Waals surface area contributed by atoms with Crippen LogP contribution in [0.5, 0.6) is 0 Å². The first-order valence-corrected chi connectivity index (χ1v) is 9.86. The summed E-state index contributed by atoms with van der Waals surface area (Å²) in [6.07, 6.45) is 5.86. The topological polar surface area (TPSA) is 54.2 Å². The Hall–Kier alpha value is -3.08. The van der Waals surface area contributed by atoms with E-state index in [0.717, 1.165) is 24.6 Å². The first-order valence-electron chi connectivity index (χ1n) is 9.86. The van der Waals surface area contributed by atoms with Crippen LogP contribution in [0.1, 0.15) is 29.0 Å². The van der Waals surface area contributed by atoms with E-state index in [1.807, 2.05) is 24.0 Å². The molecule has 1 aliphatic rings. The fourth-order valence-electron chi connectivity index (χ4n) is 3.63. The number of nitrogens with one attached hydrogen (secondary N) is 2. The highest BCUT2D eigenvalue weighted by molar-refractivity contribution is 5.80. The van der Waals surface area contributed by atoms with Crippen LogP contribution in [0, 0.1) is 6.92 Å². The number of aliphatic imine (C=N–C) groups is 1. The number of nitrogens with zero attached hydrogens (tertiary/aromatic N) is 3. The van der Waals surface area contributed by atoms with Crippen molar-refractivity contribution in [3.8, 4) is 5.69 Å². The van der Waals surface area contributed by atoms with E-state index in [-0.39, 0.29) is 0 Å². The van der Waals surface area contributed by atoms with Crippen LogP contribution in [-0.4, -0.2) is 35.4 Å². The molecule has 0 bridgehead atoms. The minimum absolute atomic E-state index is 0.473. The Bertz CT molecular complexity index is 928. The molecular weight excluding hydrogens is 346 g/mol. The molecule has 0 saturated heterocycles. The van der Waals surface area contributed by atoms with Gasteiger partial charge in [0.05, 0.1) is 5.69 Å². The molecular formula is C23H27N5. The van der Waals surface area contributed by atoms with Crippen molar-refractivity contribution in [3.63, 3.8) is 0 Å². The summed E-state index contributed by atoms with van der Waals surface area (Å²) in [5, 5.41) is 11.3. The molecule has 2 unspecified atom stereocenters. The average molecular weight is 374 g/mol. The van der Waals surface area contributed by atoms with E-state index in [0.29, 0.717) is 12.0 Å². The lowest BCUT2D eigenvalue weighted by atomic mass is 10.0. The minimum Gasteiger partial charge on any atom is -0.356 e. The van der Waals surface area contributed by atoms with E-state index in [9.17, 15) is 0 Å². The van der Waals surface area contributed by atoms with Crippen molar-refractivity contribution in [2.45, 2.75) is 31.7 Å². The molecule has 5 nitrogen and oxygen atoms in total. The number of hydrogen-bond acceptors (Lipinski definition) is 2. The SMILES string of the molecule is CN=C(NCCc1ccc(-n2cccn2)cc1)NC1CC1c1ccccc1C. The van der Waals surface area contributed by atoms with Crippen molar-refractivity contribution in [2.75, 3.05) is 13.6 Å². The Kier molecular flexibility index (Phi) is 5.42. The molecule has 2 N–H and O–H groups in total. The Balaban J connectivity index is 1.25. The predicted octanol–water partition coefficient (Wildman–Crippen LogP) is 3.44. The van der Waals surface area contributed by atoms with E-state index in [2.05, 4.69) is 76.2 Å². The summed E-state index contributed by atoms with van der Waals surface area (Å²) in [5.74, 6) is 1.48. The van der Waals surface area contributed by atoms with Crippen molar-refractivity contribution in [1.82, 2.24) is 20.4 Å². The fraction of sp³-hybridized carbons (Fsp3) is 0.304. The number of benzene rings is 2. The molecule has 0 amide bonds. The van der Waals surface area contributed by atoms with Gasteiger partial charge in [-0.25, -0.2) is 4.68 Å². The third kappa shape index (κ3) is 4.25. The normalized spacial score (nSPS) is 18.7. The van der Waals surface area contributed by atoms with E-state index in [1.165, 1.54) is 23.1 Å². The van der Waals surface area contributed by atoms with Gasteiger partial charge in [0.25, 0.3) is 0 Å². The van der Waals surface area contributed by atoms with E-state index in [1.54, 1.807) is 6.20 Å². The summed E-state index contributed by atoms with van der Waals surface area (Å²) in [6.45, 7) is 3.04. The zero-order valence-corrected chi connectivity index (χ0v) is 16.5. The van der Waals surface area contributed by atoms with Crippen LogP contribution < -0.4 is 10.6 Å². The molecule has 144 valence electrons. The first kappa shape index (κ1) is 18.3. The first-order chi connectivity index (χ1) is 13.7. The summed E-state index contributed by atoms with van der Waals surface area (Å²) in [7, 11) is 1.83. The highest BCUT2D eigenvalue weighted by Crippen LogP contribution is 2.41. The van der Waals surface area contributed by atoms with E-state index < -0.39 is 0 Å². The van der Waals surface area contributed by atoms with Gasteiger partial charge >= 0.3 is 0 Å². The Morgan fingerprint density at radius 2 is 1.96 bits per heavy atom. The maximum Gasteiger partial charge on any atom is 0.191 e. The summed E-state index contributed by atoms with van der Waals surface area (Å²) in [6, 6.07) is 19.6. The summed E-state index contributed by atoms with van der Waals surface area (Å²) >= 11 is 0. The molecule has 5 heteroatoms. The summed E-state index contributed by atoms with van der Waals surface area (Å²) in [4.78, 5) is 4.38. The molecule has 0 radical (unpaired) electrons. The van der Waals surface area contributed by atoms with Gasteiger partial charge in [0.1, 0.15) is 0 Å². The molecule has 1 heterocycles. The van der Waals surface area contributed by atoms with E-state index >= 15 is 0 Å². The van der Waals surface area contributed by atoms with Gasteiger partial charge in [-0.3, -0.25) is 4.99 Å². The third-order valence-electron chi connectivity index (χ3n) is 5.34. The maximum atomic E-state index is 4.38. The summed E-state index contributed by atoms with van der Waals surface area (Å²) in [5.41, 5.74) is 5.20. The third-order valence-corrected chi connectivity index (χ3v) is 5.34. The molecule has 1 fully saturated rings. The van der Waals surface area contributed by atoms with Crippen LogP contribution >= 0.6 is 0 Å². The second-order valence-corrected chi connectivity index (χ2v) is 7.32. The molecule has 1 saturated carbocycles. The number of rotatable bonds is 6. The van der Waals surface area contributed by atoms with Crippen LogP contribution in [-0.2, 0) is 6.42 Å². The van der Waals surface area contributed by atoms with Crippen molar-refractivity contribution < 1.29 is 0 Å². The lowest BCUT2D eigenvalue weighted by Crippen LogP contribution is -2.39. The predicted molar refractivity (Wildman–Crippen MR) is 114 cm³/mol. The van der Waals surface area contributed by atoms with Gasteiger partial charge in [-0.1, -0.05) is 36.4 Å². The number of guanidine groups is 1. The molecule has 1 aliphatic carbocycles. The second kappa shape index (κ2) is 8.30. The lowest BCUT2D eigenvalue weighted by molar-refractivity contribution is 0.778. The fourth-order valence-corrected chi connectivity index (χ4v) is 3.63. The lowest BCUT2D eigenvalue weighted by Gasteiger charge is -2.12. The number of aromatic nitrogens is 2. The quantitative estimate of drug-likeness (QED) is 0.514. The monoisotopic (exact) mass is 373 g/mol. The zero-order valence-electron chi connectivity index (χ0n) is 16.5. The van der Waals surface area contributed by atoms with Gasteiger partial charge < -0.3 is 10.6 Å². The highest BCUT2D eigenvalue weighted by atomic mass is 15.3. The smallest absolute Gasteiger partial charge is 0.191 e. The van der Waals surface area contributed by atoms with Gasteiger partial charge in [0.2, 0.25) is 0 Å². The molecule has 0 aliphatic heterocycles. The average Bonchev–Trinajstić information content (AvgIpc) is 3.25.